The Morgan fingerprint density at radius 2 is 1.83 bits per heavy atom. The first-order valence-corrected chi connectivity index (χ1v) is 11.6. The van der Waals surface area contributed by atoms with Gasteiger partial charge in [0.2, 0.25) is 17.8 Å². The molecule has 4 N–H and O–H groups in total. The molecule has 0 aliphatic heterocycles. The van der Waals surface area contributed by atoms with E-state index in [-0.39, 0.29) is 43.0 Å². The minimum Gasteiger partial charge on any atom is -0.395 e. The third kappa shape index (κ3) is 5.47. The standard InChI is InChI=1S/C23H28F3N7O2/c1-12(2)29-22-28-11-18-20(32-22)33(15-5-3-13(4-6-15)21(35)27-7-8-34)23(30-18)31-19-16(25)9-14(24)10-17(19)26/h9-13,15,34H,3-8H2,1-2H3,(H,27,35)(H,30,31)(H,28,29,32)/t13-,15+. The molecule has 2 heterocycles. The topological polar surface area (TPSA) is 117 Å². The number of fused-ring (bicyclic) bond motifs is 1. The van der Waals surface area contributed by atoms with Crippen LogP contribution in [0, 0.1) is 23.4 Å². The van der Waals surface area contributed by atoms with E-state index in [1.807, 2.05) is 13.8 Å². The number of imidazole rings is 1. The quantitative estimate of drug-likeness (QED) is 0.380. The SMILES string of the molecule is CC(C)Nc1ncc2nc(Nc3c(F)cc(F)cc3F)n([C@H]3CC[C@@H](C(=O)NCCO)CC3)c2n1. The number of carbonyl (C=O) groups excluding carboxylic acids is 1. The number of aromatic nitrogens is 4. The number of rotatable bonds is 8. The normalized spacial score (nSPS) is 18.1. The molecule has 0 bridgehead atoms. The van der Waals surface area contributed by atoms with E-state index in [2.05, 4.69) is 30.9 Å². The number of hydrogen-bond donors (Lipinski definition) is 4. The van der Waals surface area contributed by atoms with Gasteiger partial charge in [-0.3, -0.25) is 9.36 Å². The monoisotopic (exact) mass is 491 g/mol. The summed E-state index contributed by atoms with van der Waals surface area (Å²) in [5, 5.41) is 17.5. The fourth-order valence-electron chi connectivity index (χ4n) is 4.35. The van der Waals surface area contributed by atoms with Crippen molar-refractivity contribution >= 4 is 34.7 Å². The summed E-state index contributed by atoms with van der Waals surface area (Å²) in [4.78, 5) is 25.6. The van der Waals surface area contributed by atoms with Crippen LogP contribution in [0.4, 0.5) is 30.8 Å². The van der Waals surface area contributed by atoms with E-state index in [0.29, 0.717) is 54.9 Å². The van der Waals surface area contributed by atoms with E-state index in [1.54, 1.807) is 4.57 Å². The molecule has 12 heteroatoms. The van der Waals surface area contributed by atoms with Crippen molar-refractivity contribution in [1.82, 2.24) is 24.8 Å². The van der Waals surface area contributed by atoms with Gasteiger partial charge in [0.1, 0.15) is 17.0 Å². The fourth-order valence-corrected chi connectivity index (χ4v) is 4.35. The molecule has 4 rings (SSSR count). The molecule has 1 fully saturated rings. The molecular weight excluding hydrogens is 463 g/mol. The van der Waals surface area contributed by atoms with E-state index in [9.17, 15) is 18.0 Å². The van der Waals surface area contributed by atoms with Crippen molar-refractivity contribution in [3.8, 4) is 0 Å². The Hall–Kier alpha value is -3.41. The van der Waals surface area contributed by atoms with Gasteiger partial charge in [-0.2, -0.15) is 4.98 Å². The molecule has 1 amide bonds. The van der Waals surface area contributed by atoms with Crippen LogP contribution in [0.15, 0.2) is 18.3 Å². The lowest BCUT2D eigenvalue weighted by Gasteiger charge is -2.30. The van der Waals surface area contributed by atoms with Crippen LogP contribution in [0.2, 0.25) is 0 Å². The number of benzene rings is 1. The minimum atomic E-state index is -1.08. The Morgan fingerprint density at radius 3 is 2.46 bits per heavy atom. The lowest BCUT2D eigenvalue weighted by Crippen LogP contribution is -2.35. The Balaban J connectivity index is 1.69. The van der Waals surface area contributed by atoms with E-state index in [1.165, 1.54) is 6.20 Å². The number of carbonyl (C=O) groups is 1. The van der Waals surface area contributed by atoms with Gasteiger partial charge in [0.05, 0.1) is 12.8 Å². The highest BCUT2D eigenvalue weighted by Gasteiger charge is 2.30. The van der Waals surface area contributed by atoms with E-state index < -0.39 is 23.1 Å². The highest BCUT2D eigenvalue weighted by atomic mass is 19.1. The predicted molar refractivity (Wildman–Crippen MR) is 125 cm³/mol. The van der Waals surface area contributed by atoms with E-state index in [0.717, 1.165) is 0 Å². The average molecular weight is 492 g/mol. The van der Waals surface area contributed by atoms with Crippen LogP contribution in [0.5, 0.6) is 0 Å². The van der Waals surface area contributed by atoms with Crippen LogP contribution in [0.25, 0.3) is 11.2 Å². The summed E-state index contributed by atoms with van der Waals surface area (Å²) in [5.41, 5.74) is 0.378. The number of nitrogens with one attached hydrogen (secondary N) is 3. The molecule has 1 saturated carbocycles. The molecule has 0 saturated heterocycles. The molecule has 1 aromatic carbocycles. The van der Waals surface area contributed by atoms with Crippen LogP contribution < -0.4 is 16.0 Å². The van der Waals surface area contributed by atoms with Gasteiger partial charge in [-0.25, -0.2) is 23.1 Å². The summed E-state index contributed by atoms with van der Waals surface area (Å²) < 4.78 is 44.0. The van der Waals surface area contributed by atoms with Crippen LogP contribution in [-0.2, 0) is 4.79 Å². The van der Waals surface area contributed by atoms with Gasteiger partial charge in [-0.1, -0.05) is 0 Å². The van der Waals surface area contributed by atoms with Gasteiger partial charge < -0.3 is 21.1 Å². The lowest BCUT2D eigenvalue weighted by molar-refractivity contribution is -0.126. The highest BCUT2D eigenvalue weighted by Crippen LogP contribution is 2.37. The molecule has 0 atom stereocenters. The van der Waals surface area contributed by atoms with Gasteiger partial charge in [-0.15, -0.1) is 0 Å². The van der Waals surface area contributed by atoms with Gasteiger partial charge in [0.25, 0.3) is 0 Å². The van der Waals surface area contributed by atoms with Crippen molar-refractivity contribution in [1.29, 1.82) is 0 Å². The second-order valence-corrected chi connectivity index (χ2v) is 8.90. The van der Waals surface area contributed by atoms with Gasteiger partial charge in [0.15, 0.2) is 17.3 Å². The summed E-state index contributed by atoms with van der Waals surface area (Å²) in [7, 11) is 0. The molecule has 1 aliphatic rings. The first-order chi connectivity index (χ1) is 16.8. The largest absolute Gasteiger partial charge is 0.395 e. The molecule has 1 aliphatic carbocycles. The third-order valence-corrected chi connectivity index (χ3v) is 5.94. The smallest absolute Gasteiger partial charge is 0.224 e. The maximum Gasteiger partial charge on any atom is 0.224 e. The fraction of sp³-hybridized carbons (Fsp3) is 0.478. The second-order valence-electron chi connectivity index (χ2n) is 8.90. The number of hydrogen-bond acceptors (Lipinski definition) is 7. The number of halogens is 3. The molecule has 0 unspecified atom stereocenters. The zero-order valence-electron chi connectivity index (χ0n) is 19.5. The summed E-state index contributed by atoms with van der Waals surface area (Å²) in [6.07, 6.45) is 3.90. The lowest BCUT2D eigenvalue weighted by atomic mass is 9.85. The molecule has 35 heavy (non-hydrogen) atoms. The van der Waals surface area contributed by atoms with Gasteiger partial charge in [-0.05, 0) is 39.5 Å². The maximum absolute atomic E-state index is 14.4. The molecule has 0 spiro atoms. The van der Waals surface area contributed by atoms with Crippen molar-refractivity contribution in [3.63, 3.8) is 0 Å². The number of anilines is 3. The van der Waals surface area contributed by atoms with Crippen molar-refractivity contribution in [2.75, 3.05) is 23.8 Å². The molecule has 0 radical (unpaired) electrons. The summed E-state index contributed by atoms with van der Waals surface area (Å²) in [5.74, 6) is -2.95. The van der Waals surface area contributed by atoms with Gasteiger partial charge >= 0.3 is 0 Å². The maximum atomic E-state index is 14.4. The summed E-state index contributed by atoms with van der Waals surface area (Å²) in [6.45, 7) is 3.97. The number of nitrogens with zero attached hydrogens (tertiary/aromatic N) is 4. The highest BCUT2D eigenvalue weighted by molar-refractivity contribution is 5.79. The summed E-state index contributed by atoms with van der Waals surface area (Å²) >= 11 is 0. The van der Waals surface area contributed by atoms with Crippen molar-refractivity contribution in [3.05, 3.63) is 35.8 Å². The number of aliphatic hydroxyl groups excluding tert-OH is 1. The zero-order chi connectivity index (χ0) is 25.1. The molecule has 188 valence electrons. The minimum absolute atomic E-state index is 0.0803. The van der Waals surface area contributed by atoms with Crippen LogP contribution in [0.1, 0.15) is 45.6 Å². The zero-order valence-corrected chi connectivity index (χ0v) is 19.5. The van der Waals surface area contributed by atoms with E-state index in [4.69, 9.17) is 5.11 Å². The average Bonchev–Trinajstić information content (AvgIpc) is 3.16. The summed E-state index contributed by atoms with van der Waals surface area (Å²) in [6, 6.07) is 1.12. The van der Waals surface area contributed by atoms with Crippen LogP contribution in [0.3, 0.4) is 0 Å². The van der Waals surface area contributed by atoms with Crippen LogP contribution >= 0.6 is 0 Å². The van der Waals surface area contributed by atoms with Crippen molar-refractivity contribution < 1.29 is 23.1 Å². The third-order valence-electron chi connectivity index (χ3n) is 5.94. The Bertz CT molecular complexity index is 1190. The van der Waals surface area contributed by atoms with Crippen LogP contribution in [-0.4, -0.2) is 49.7 Å². The predicted octanol–water partition coefficient (Wildman–Crippen LogP) is 3.65. The Kier molecular flexibility index (Phi) is 7.39. The Labute approximate surface area is 200 Å². The first kappa shape index (κ1) is 24.7. The van der Waals surface area contributed by atoms with Crippen molar-refractivity contribution in [2.24, 2.45) is 5.92 Å². The molecule has 2 aromatic heterocycles. The van der Waals surface area contributed by atoms with Gasteiger partial charge in [0, 0.05) is 36.7 Å². The van der Waals surface area contributed by atoms with Crippen molar-refractivity contribution in [2.45, 2.75) is 51.6 Å². The number of amides is 1. The first-order valence-electron chi connectivity index (χ1n) is 11.6. The number of aliphatic hydroxyl groups is 1. The molecular formula is C23H28F3N7O2. The van der Waals surface area contributed by atoms with E-state index >= 15 is 0 Å². The second kappa shape index (κ2) is 10.5. The Morgan fingerprint density at radius 1 is 1.14 bits per heavy atom. The molecule has 3 aromatic rings. The molecule has 9 nitrogen and oxygen atoms in total.